The van der Waals surface area contributed by atoms with Gasteiger partial charge in [-0.05, 0) is 65.0 Å². The van der Waals surface area contributed by atoms with Crippen molar-refractivity contribution >= 4 is 22.8 Å². The normalized spacial score (nSPS) is 23.6. The van der Waals surface area contributed by atoms with Crippen molar-refractivity contribution in [1.29, 1.82) is 0 Å². The van der Waals surface area contributed by atoms with Gasteiger partial charge in [-0.25, -0.2) is 9.97 Å². The summed E-state index contributed by atoms with van der Waals surface area (Å²) < 4.78 is 39.5. The molecule has 6 heterocycles. The van der Waals surface area contributed by atoms with E-state index in [2.05, 4.69) is 27.6 Å². The third-order valence-corrected chi connectivity index (χ3v) is 9.62. The first kappa shape index (κ1) is 34.2. The minimum Gasteiger partial charge on any atom is -0.497 e. The van der Waals surface area contributed by atoms with E-state index in [0.717, 1.165) is 48.1 Å². The maximum Gasteiger partial charge on any atom is 0.252 e. The molecule has 0 aliphatic carbocycles. The summed E-state index contributed by atoms with van der Waals surface area (Å²) in [5, 5.41) is 12.3. The lowest BCUT2D eigenvalue weighted by Crippen LogP contribution is -2.49. The third kappa shape index (κ3) is 6.75. The number of benzene rings is 1. The highest BCUT2D eigenvalue weighted by atomic mass is 16.8. The Labute approximate surface area is 291 Å². The summed E-state index contributed by atoms with van der Waals surface area (Å²) in [7, 11) is 7.01. The van der Waals surface area contributed by atoms with E-state index in [1.54, 1.807) is 21.3 Å². The first-order valence-corrected chi connectivity index (χ1v) is 17.0. The van der Waals surface area contributed by atoms with Crippen molar-refractivity contribution in [2.24, 2.45) is 0 Å². The summed E-state index contributed by atoms with van der Waals surface area (Å²) in [5.41, 5.74) is 3.03. The maximum absolute atomic E-state index is 13.8. The molecule has 3 aliphatic heterocycles. The van der Waals surface area contributed by atoms with Gasteiger partial charge in [-0.2, -0.15) is 5.10 Å². The zero-order valence-corrected chi connectivity index (χ0v) is 29.4. The molecule has 15 nitrogen and oxygen atoms in total. The molecule has 3 fully saturated rings. The van der Waals surface area contributed by atoms with Gasteiger partial charge in [-0.15, -0.1) is 0 Å². The molecule has 1 aromatic carbocycles. The predicted molar refractivity (Wildman–Crippen MR) is 184 cm³/mol. The zero-order valence-electron chi connectivity index (χ0n) is 29.4. The molecule has 2 N–H and O–H groups in total. The highest BCUT2D eigenvalue weighted by Gasteiger charge is 2.58. The SMILES string of the molecule is COCCn1ccc(-c2cn([C@@H]3O[C@H](C(=O)NC4CCN(C)CC4)[C@H]4OC(C)(C)O[C@H]43)c3ncnc(NCc4ccc(OC)cc4OC)c23)n1. The number of amides is 1. The van der Waals surface area contributed by atoms with Crippen LogP contribution < -0.4 is 20.1 Å². The summed E-state index contributed by atoms with van der Waals surface area (Å²) in [5.74, 6) is 0.884. The number of likely N-dealkylation sites (tertiary alicyclic amines) is 1. The van der Waals surface area contributed by atoms with Gasteiger partial charge in [-0.3, -0.25) is 9.48 Å². The second kappa shape index (κ2) is 14.2. The van der Waals surface area contributed by atoms with E-state index in [-0.39, 0.29) is 11.9 Å². The Morgan fingerprint density at radius 3 is 2.62 bits per heavy atom. The Morgan fingerprint density at radius 2 is 1.86 bits per heavy atom. The van der Waals surface area contributed by atoms with Crippen LogP contribution in [0.2, 0.25) is 0 Å². The van der Waals surface area contributed by atoms with E-state index in [9.17, 15) is 4.79 Å². The summed E-state index contributed by atoms with van der Waals surface area (Å²) in [6.07, 6.45) is 4.37. The van der Waals surface area contributed by atoms with Crippen molar-refractivity contribution in [2.75, 3.05) is 53.4 Å². The van der Waals surface area contributed by atoms with Crippen LogP contribution in [0.1, 0.15) is 38.5 Å². The van der Waals surface area contributed by atoms with E-state index < -0.39 is 30.3 Å². The Bertz CT molecular complexity index is 1820. The summed E-state index contributed by atoms with van der Waals surface area (Å²) >= 11 is 0. The van der Waals surface area contributed by atoms with E-state index in [4.69, 9.17) is 38.5 Å². The molecule has 0 unspecified atom stereocenters. The average Bonchev–Trinajstić information content (AvgIpc) is 3.88. The number of nitrogens with one attached hydrogen (secondary N) is 2. The van der Waals surface area contributed by atoms with Crippen molar-refractivity contribution < 1.29 is 33.2 Å². The fourth-order valence-electron chi connectivity index (χ4n) is 7.05. The van der Waals surface area contributed by atoms with Crippen molar-refractivity contribution in [3.63, 3.8) is 0 Å². The largest absolute Gasteiger partial charge is 0.497 e. The molecule has 0 spiro atoms. The predicted octanol–water partition coefficient (Wildman–Crippen LogP) is 3.20. The number of ether oxygens (including phenoxy) is 6. The van der Waals surface area contributed by atoms with Crippen LogP contribution in [0.3, 0.4) is 0 Å². The van der Waals surface area contributed by atoms with E-state index in [0.29, 0.717) is 42.7 Å². The molecule has 3 saturated heterocycles. The number of carbonyl (C=O) groups excluding carboxylic acids is 1. The molecule has 0 bridgehead atoms. The second-order valence-corrected chi connectivity index (χ2v) is 13.5. The zero-order chi connectivity index (χ0) is 35.0. The molecule has 3 aromatic heterocycles. The highest BCUT2D eigenvalue weighted by molar-refractivity contribution is 6.00. The Morgan fingerprint density at radius 1 is 1.06 bits per heavy atom. The van der Waals surface area contributed by atoms with Gasteiger partial charge in [0.15, 0.2) is 18.1 Å². The number of piperidine rings is 1. The number of fused-ring (bicyclic) bond motifs is 2. The molecule has 3 aliphatic rings. The van der Waals surface area contributed by atoms with Crippen LogP contribution in [0.5, 0.6) is 11.5 Å². The molecule has 50 heavy (non-hydrogen) atoms. The Hall–Kier alpha value is -4.28. The number of methoxy groups -OCH3 is 3. The van der Waals surface area contributed by atoms with Crippen molar-refractivity contribution in [1.82, 2.24) is 34.5 Å². The quantitative estimate of drug-likeness (QED) is 0.225. The lowest BCUT2D eigenvalue weighted by Gasteiger charge is -2.30. The standard InChI is InChI=1S/C35H46N8O7/c1-35(2)49-28-29(33(44)39-22-9-12-41(3)13-10-22)48-34(30(28)50-35)43-19-24(25-11-14-42(40-25)15-16-45-4)27-31(37-20-38-32(27)43)36-18-21-7-8-23(46-5)17-26(21)47-6/h7-8,11,14,17,19-20,22,28-30,34H,9-10,12-13,15-16,18H2,1-6H3,(H,39,44)(H,36,37,38)/t28-,29+,30-,34-/m1/s1. The minimum atomic E-state index is -0.908. The number of nitrogens with zero attached hydrogens (tertiary/aromatic N) is 6. The van der Waals surface area contributed by atoms with Crippen LogP contribution in [0.15, 0.2) is 43.0 Å². The molecule has 1 amide bonds. The fourth-order valence-corrected chi connectivity index (χ4v) is 7.05. The number of carbonyl (C=O) groups is 1. The van der Waals surface area contributed by atoms with Crippen molar-refractivity contribution in [2.45, 2.75) is 76.1 Å². The first-order valence-electron chi connectivity index (χ1n) is 17.0. The van der Waals surface area contributed by atoms with Crippen LogP contribution in [-0.4, -0.2) is 113 Å². The Kier molecular flexibility index (Phi) is 9.67. The molecule has 15 heteroatoms. The first-order chi connectivity index (χ1) is 24.2. The molecular formula is C35H46N8O7. The van der Waals surface area contributed by atoms with E-state index in [1.165, 1.54) is 6.33 Å². The minimum absolute atomic E-state index is 0.0769. The van der Waals surface area contributed by atoms with Gasteiger partial charge in [0.1, 0.15) is 41.5 Å². The number of anilines is 1. The summed E-state index contributed by atoms with van der Waals surface area (Å²) in [6, 6.07) is 7.72. The molecule has 0 radical (unpaired) electrons. The van der Waals surface area contributed by atoms with E-state index in [1.807, 2.05) is 59.8 Å². The highest BCUT2D eigenvalue weighted by Crippen LogP contribution is 2.46. The second-order valence-electron chi connectivity index (χ2n) is 13.5. The van der Waals surface area contributed by atoms with Gasteiger partial charge < -0.3 is 48.5 Å². The number of hydrogen-bond acceptors (Lipinski definition) is 12. The van der Waals surface area contributed by atoms with Crippen LogP contribution in [0.25, 0.3) is 22.3 Å². The topological polar surface area (TPSA) is 148 Å². The van der Waals surface area contributed by atoms with Gasteiger partial charge in [0.2, 0.25) is 0 Å². The Balaban J connectivity index is 1.25. The molecule has 4 atom stereocenters. The van der Waals surface area contributed by atoms with Crippen LogP contribution >= 0.6 is 0 Å². The molecule has 4 aromatic rings. The lowest BCUT2D eigenvalue weighted by molar-refractivity contribution is -0.197. The van der Waals surface area contributed by atoms with E-state index >= 15 is 0 Å². The fraction of sp³-hybridized carbons (Fsp3) is 0.543. The van der Waals surface area contributed by atoms with Crippen LogP contribution in [-0.2, 0) is 36.8 Å². The molecule has 7 rings (SSSR count). The molecular weight excluding hydrogens is 644 g/mol. The average molecular weight is 691 g/mol. The van der Waals surface area contributed by atoms with Crippen LogP contribution in [0, 0.1) is 0 Å². The molecule has 268 valence electrons. The van der Waals surface area contributed by atoms with Gasteiger partial charge in [-0.1, -0.05) is 0 Å². The lowest BCUT2D eigenvalue weighted by atomic mass is 10.0. The summed E-state index contributed by atoms with van der Waals surface area (Å²) in [4.78, 5) is 25.5. The smallest absolute Gasteiger partial charge is 0.252 e. The third-order valence-electron chi connectivity index (χ3n) is 9.62. The monoisotopic (exact) mass is 690 g/mol. The number of hydrogen-bond donors (Lipinski definition) is 2. The molecule has 0 saturated carbocycles. The van der Waals surface area contributed by atoms with Gasteiger partial charge in [0.25, 0.3) is 5.91 Å². The maximum atomic E-state index is 13.8. The summed E-state index contributed by atoms with van der Waals surface area (Å²) in [6.45, 7) is 7.11. The number of rotatable bonds is 12. The van der Waals surface area contributed by atoms with Gasteiger partial charge >= 0.3 is 0 Å². The van der Waals surface area contributed by atoms with Crippen LogP contribution in [0.4, 0.5) is 5.82 Å². The van der Waals surface area contributed by atoms with Crippen molar-refractivity contribution in [3.05, 3.63) is 48.5 Å². The van der Waals surface area contributed by atoms with Gasteiger partial charge in [0.05, 0.1) is 38.5 Å². The van der Waals surface area contributed by atoms with Gasteiger partial charge in [0, 0.05) is 49.3 Å². The van der Waals surface area contributed by atoms with Crippen molar-refractivity contribution in [3.8, 4) is 22.8 Å². The number of aromatic nitrogens is 5.